The fraction of sp³-hybridized carbons (Fsp3) is 0.583. The molecule has 12 heteroatoms. The second-order valence-electron chi connectivity index (χ2n) is 9.99. The summed E-state index contributed by atoms with van der Waals surface area (Å²) in [7, 11) is 1.70. The molecule has 3 aliphatic rings. The van der Waals surface area contributed by atoms with E-state index in [0.717, 1.165) is 44.6 Å². The lowest BCUT2D eigenvalue weighted by molar-refractivity contribution is -0.137. The van der Waals surface area contributed by atoms with Gasteiger partial charge in [-0.15, -0.1) is 10.2 Å². The minimum atomic E-state index is -4.51. The van der Waals surface area contributed by atoms with Gasteiger partial charge >= 0.3 is 12.4 Å². The lowest BCUT2D eigenvalue weighted by Crippen LogP contribution is -2.48. The molecule has 194 valence electrons. The lowest BCUT2D eigenvalue weighted by Gasteiger charge is -2.51. The van der Waals surface area contributed by atoms with Crippen LogP contribution in [-0.2, 0) is 30.5 Å². The number of benzene rings is 1. The van der Waals surface area contributed by atoms with Gasteiger partial charge in [0.15, 0.2) is 11.6 Å². The molecule has 3 aliphatic carbocycles. The van der Waals surface area contributed by atoms with Crippen LogP contribution in [0.5, 0.6) is 0 Å². The van der Waals surface area contributed by atoms with Gasteiger partial charge in [0.25, 0.3) is 0 Å². The smallest absolute Gasteiger partial charge is 0.339 e. The van der Waals surface area contributed by atoms with E-state index in [4.69, 9.17) is 4.52 Å². The van der Waals surface area contributed by atoms with Gasteiger partial charge in [0, 0.05) is 36.3 Å². The third-order valence-corrected chi connectivity index (χ3v) is 7.86. The van der Waals surface area contributed by atoms with E-state index >= 15 is 0 Å². The first-order chi connectivity index (χ1) is 16.9. The van der Waals surface area contributed by atoms with Crippen LogP contribution in [0.2, 0.25) is 0 Å². The molecule has 3 saturated carbocycles. The van der Waals surface area contributed by atoms with Crippen molar-refractivity contribution in [2.75, 3.05) is 0 Å². The summed E-state index contributed by atoms with van der Waals surface area (Å²) in [5.41, 5.74) is -1.38. The van der Waals surface area contributed by atoms with Crippen molar-refractivity contribution in [2.24, 2.45) is 7.05 Å². The number of alkyl halides is 6. The van der Waals surface area contributed by atoms with Gasteiger partial charge in [0.1, 0.15) is 5.82 Å². The van der Waals surface area contributed by atoms with Gasteiger partial charge in [0.2, 0.25) is 5.89 Å². The quantitative estimate of drug-likeness (QED) is 0.361. The van der Waals surface area contributed by atoms with Crippen LogP contribution in [0.15, 0.2) is 28.8 Å². The molecule has 0 radical (unpaired) electrons. The van der Waals surface area contributed by atoms with Crippen molar-refractivity contribution in [3.8, 4) is 11.4 Å². The number of nitrogens with zero attached hydrogens (tertiary/aromatic N) is 5. The molecule has 0 saturated heterocycles. The van der Waals surface area contributed by atoms with Gasteiger partial charge in [-0.25, -0.2) is 0 Å². The Morgan fingerprint density at radius 2 is 1.56 bits per heavy atom. The summed E-state index contributed by atoms with van der Waals surface area (Å²) in [6, 6.07) is 5.35. The molecule has 0 N–H and O–H groups in total. The van der Waals surface area contributed by atoms with E-state index in [1.807, 2.05) is 0 Å². The summed E-state index contributed by atoms with van der Waals surface area (Å²) in [5, 5.41) is 12.6. The second-order valence-corrected chi connectivity index (χ2v) is 9.99. The van der Waals surface area contributed by atoms with Crippen molar-refractivity contribution < 1.29 is 30.9 Å². The zero-order chi connectivity index (χ0) is 25.8. The highest BCUT2D eigenvalue weighted by Crippen LogP contribution is 2.57. The van der Waals surface area contributed by atoms with Crippen molar-refractivity contribution in [3.63, 3.8) is 0 Å². The van der Waals surface area contributed by atoms with Crippen molar-refractivity contribution >= 4 is 0 Å². The summed E-state index contributed by atoms with van der Waals surface area (Å²) in [6.45, 7) is 0. The number of fused-ring (bicyclic) bond motifs is 3. The monoisotopic (exact) mass is 513 g/mol. The maximum absolute atomic E-state index is 13.6. The van der Waals surface area contributed by atoms with E-state index in [9.17, 15) is 26.3 Å². The fourth-order valence-corrected chi connectivity index (χ4v) is 5.82. The van der Waals surface area contributed by atoms with Crippen molar-refractivity contribution in [3.05, 3.63) is 47.4 Å². The Labute approximate surface area is 203 Å². The van der Waals surface area contributed by atoms with Crippen molar-refractivity contribution in [1.29, 1.82) is 0 Å². The molecule has 2 aromatic heterocycles. The number of aryl methyl sites for hydroxylation is 1. The highest BCUT2D eigenvalue weighted by Gasteiger charge is 2.54. The summed E-state index contributed by atoms with van der Waals surface area (Å²) in [5.74, 6) is 1.60. The number of aromatic nitrogens is 5. The number of rotatable bonds is 6. The SMILES string of the molecule is Cn1c(-c2ccccc2C(F)(F)F)nnc1C12CCC(c3noc(CCCC(F)(F)F)n3)(CC1)CC2. The third-order valence-electron chi connectivity index (χ3n) is 7.86. The molecule has 3 fully saturated rings. The van der Waals surface area contributed by atoms with E-state index < -0.39 is 24.3 Å². The Hall–Kier alpha value is -2.92. The van der Waals surface area contributed by atoms with Crippen molar-refractivity contribution in [1.82, 2.24) is 24.9 Å². The fourth-order valence-electron chi connectivity index (χ4n) is 5.82. The van der Waals surface area contributed by atoms with Gasteiger partial charge in [0.05, 0.1) is 5.56 Å². The average molecular weight is 513 g/mol. The predicted molar refractivity (Wildman–Crippen MR) is 116 cm³/mol. The summed E-state index contributed by atoms with van der Waals surface area (Å²) in [4.78, 5) is 4.43. The Morgan fingerprint density at radius 3 is 2.19 bits per heavy atom. The Bertz CT molecular complexity index is 1220. The molecule has 0 spiro atoms. The molecule has 1 aromatic carbocycles. The van der Waals surface area contributed by atoms with Crippen LogP contribution in [0.1, 0.15) is 74.5 Å². The summed E-state index contributed by atoms with van der Waals surface area (Å²) in [6.07, 6.45) is -5.25. The molecule has 0 amide bonds. The molecule has 0 unspecified atom stereocenters. The third kappa shape index (κ3) is 4.39. The molecule has 3 aromatic rings. The van der Waals surface area contributed by atoms with E-state index in [2.05, 4.69) is 20.3 Å². The van der Waals surface area contributed by atoms with Gasteiger partial charge in [-0.05, 0) is 51.0 Å². The summed E-state index contributed by atoms with van der Waals surface area (Å²) < 4.78 is 84.9. The predicted octanol–water partition coefficient (Wildman–Crippen LogP) is 6.31. The molecule has 0 atom stereocenters. The topological polar surface area (TPSA) is 69.6 Å². The molecule has 6 rings (SSSR count). The normalized spacial score (nSPS) is 24.4. The lowest BCUT2D eigenvalue weighted by atomic mass is 9.53. The maximum Gasteiger partial charge on any atom is 0.417 e. The van der Waals surface area contributed by atoms with Crippen molar-refractivity contribution in [2.45, 2.75) is 81.0 Å². The van der Waals surface area contributed by atoms with Crippen LogP contribution in [0.4, 0.5) is 26.3 Å². The number of hydrogen-bond donors (Lipinski definition) is 0. The average Bonchev–Trinajstić information content (AvgIpc) is 3.46. The van der Waals surface area contributed by atoms with Crippen LogP contribution in [0.3, 0.4) is 0 Å². The highest BCUT2D eigenvalue weighted by atomic mass is 19.4. The van der Waals surface area contributed by atoms with E-state index in [-0.39, 0.29) is 41.0 Å². The van der Waals surface area contributed by atoms with Gasteiger partial charge < -0.3 is 9.09 Å². The molecule has 36 heavy (non-hydrogen) atoms. The Balaban J connectivity index is 1.33. The minimum absolute atomic E-state index is 0.00605. The second kappa shape index (κ2) is 8.58. The molecule has 6 nitrogen and oxygen atoms in total. The molecular weight excluding hydrogens is 488 g/mol. The summed E-state index contributed by atoms with van der Waals surface area (Å²) >= 11 is 0. The van der Waals surface area contributed by atoms with Crippen LogP contribution >= 0.6 is 0 Å². The van der Waals surface area contributed by atoms with Crippen LogP contribution in [0, 0.1) is 0 Å². The first-order valence-electron chi connectivity index (χ1n) is 11.9. The van der Waals surface area contributed by atoms with Gasteiger partial charge in [-0.3, -0.25) is 0 Å². The highest BCUT2D eigenvalue weighted by molar-refractivity contribution is 5.61. The molecule has 0 aliphatic heterocycles. The largest absolute Gasteiger partial charge is 0.417 e. The van der Waals surface area contributed by atoms with E-state index in [1.54, 1.807) is 17.7 Å². The van der Waals surface area contributed by atoms with Crippen LogP contribution in [-0.4, -0.2) is 31.1 Å². The molecule has 2 heterocycles. The van der Waals surface area contributed by atoms with Gasteiger partial charge in [-0.2, -0.15) is 31.3 Å². The van der Waals surface area contributed by atoms with Crippen LogP contribution in [0.25, 0.3) is 11.4 Å². The minimum Gasteiger partial charge on any atom is -0.339 e. The zero-order valence-electron chi connectivity index (χ0n) is 19.6. The Kier molecular flexibility index (Phi) is 5.90. The maximum atomic E-state index is 13.6. The number of halogens is 6. The van der Waals surface area contributed by atoms with Crippen LogP contribution < -0.4 is 0 Å². The zero-order valence-corrected chi connectivity index (χ0v) is 19.6. The Morgan fingerprint density at radius 1 is 0.917 bits per heavy atom. The molecular formula is C24H25F6N5O. The first-order valence-corrected chi connectivity index (χ1v) is 11.9. The molecule has 2 bridgehead atoms. The number of hydrogen-bond acceptors (Lipinski definition) is 5. The van der Waals surface area contributed by atoms with Gasteiger partial charge in [-0.1, -0.05) is 23.4 Å². The van der Waals surface area contributed by atoms with E-state index in [1.165, 1.54) is 12.1 Å². The van der Waals surface area contributed by atoms with E-state index in [0.29, 0.717) is 11.6 Å². The first kappa shape index (κ1) is 24.8. The standard InChI is InChI=1S/C24H25F6N5O/c1-35-18(15-5-2-3-6-16(15)24(28,29)30)32-33-20(35)22-12-9-21(10-13-22,11-14-22)19-31-17(36-34-19)7-4-8-23(25,26)27/h2-3,5-6H,4,7-14H2,1H3.